The van der Waals surface area contributed by atoms with Gasteiger partial charge in [-0.3, -0.25) is 4.90 Å². The molecule has 0 unspecified atom stereocenters. The van der Waals surface area contributed by atoms with Gasteiger partial charge in [0.1, 0.15) is 18.1 Å². The van der Waals surface area contributed by atoms with Crippen molar-refractivity contribution >= 4 is 10.0 Å². The zero-order valence-electron chi connectivity index (χ0n) is 16.5. The SMILES string of the molecule is CCOc1ccc(S(=O)(=O)N2CCN(CCOc3ccccc3C)CC2)cc1. The Hall–Kier alpha value is -2.09. The summed E-state index contributed by atoms with van der Waals surface area (Å²) in [4.78, 5) is 2.55. The van der Waals surface area contributed by atoms with Gasteiger partial charge >= 0.3 is 0 Å². The smallest absolute Gasteiger partial charge is 0.243 e. The van der Waals surface area contributed by atoms with Gasteiger partial charge in [0, 0.05) is 32.7 Å². The van der Waals surface area contributed by atoms with Gasteiger partial charge in [0.25, 0.3) is 0 Å². The predicted molar refractivity (Wildman–Crippen MR) is 109 cm³/mol. The molecule has 0 aromatic heterocycles. The van der Waals surface area contributed by atoms with Crippen LogP contribution in [-0.4, -0.2) is 63.6 Å². The molecule has 0 N–H and O–H groups in total. The molecule has 3 rings (SSSR count). The second-order valence-electron chi connectivity index (χ2n) is 6.76. The maximum atomic E-state index is 12.8. The number of rotatable bonds is 8. The molecular weight excluding hydrogens is 376 g/mol. The minimum atomic E-state index is -3.47. The zero-order valence-corrected chi connectivity index (χ0v) is 17.3. The Morgan fingerprint density at radius 1 is 0.929 bits per heavy atom. The van der Waals surface area contributed by atoms with Crippen LogP contribution in [0.2, 0.25) is 0 Å². The highest BCUT2D eigenvalue weighted by atomic mass is 32.2. The largest absolute Gasteiger partial charge is 0.494 e. The number of piperazine rings is 1. The van der Waals surface area contributed by atoms with Crippen molar-refractivity contribution in [2.75, 3.05) is 45.9 Å². The number of hydrogen-bond acceptors (Lipinski definition) is 5. The van der Waals surface area contributed by atoms with Crippen LogP contribution in [-0.2, 0) is 10.0 Å². The number of sulfonamides is 1. The first-order chi connectivity index (χ1) is 13.5. The van der Waals surface area contributed by atoms with Crippen LogP contribution in [0.5, 0.6) is 11.5 Å². The van der Waals surface area contributed by atoms with Crippen molar-refractivity contribution in [1.82, 2.24) is 9.21 Å². The molecule has 1 aliphatic rings. The second kappa shape index (κ2) is 9.41. The van der Waals surface area contributed by atoms with Gasteiger partial charge < -0.3 is 9.47 Å². The Balaban J connectivity index is 1.49. The summed E-state index contributed by atoms with van der Waals surface area (Å²) in [5, 5.41) is 0. The monoisotopic (exact) mass is 404 g/mol. The van der Waals surface area contributed by atoms with Crippen LogP contribution in [0.4, 0.5) is 0 Å². The zero-order chi connectivity index (χ0) is 20.0. The topological polar surface area (TPSA) is 59.1 Å². The Morgan fingerprint density at radius 2 is 1.61 bits per heavy atom. The summed E-state index contributed by atoms with van der Waals surface area (Å²) in [6, 6.07) is 14.6. The van der Waals surface area contributed by atoms with E-state index in [-0.39, 0.29) is 0 Å². The Morgan fingerprint density at radius 3 is 2.25 bits per heavy atom. The highest BCUT2D eigenvalue weighted by Crippen LogP contribution is 2.21. The average Bonchev–Trinajstić information content (AvgIpc) is 2.70. The third-order valence-electron chi connectivity index (χ3n) is 4.86. The predicted octanol–water partition coefficient (Wildman–Crippen LogP) is 2.78. The molecule has 1 saturated heterocycles. The average molecular weight is 405 g/mol. The van der Waals surface area contributed by atoms with Crippen LogP contribution in [0.3, 0.4) is 0 Å². The van der Waals surface area contributed by atoms with E-state index >= 15 is 0 Å². The fraction of sp³-hybridized carbons (Fsp3) is 0.429. The lowest BCUT2D eigenvalue weighted by Crippen LogP contribution is -2.49. The van der Waals surface area contributed by atoms with Gasteiger partial charge in [-0.1, -0.05) is 18.2 Å². The second-order valence-corrected chi connectivity index (χ2v) is 8.70. The van der Waals surface area contributed by atoms with Crippen molar-refractivity contribution in [1.29, 1.82) is 0 Å². The van der Waals surface area contributed by atoms with Crippen molar-refractivity contribution in [3.63, 3.8) is 0 Å². The molecule has 0 spiro atoms. The van der Waals surface area contributed by atoms with Gasteiger partial charge in [-0.15, -0.1) is 0 Å². The van der Waals surface area contributed by atoms with Gasteiger partial charge in [0.05, 0.1) is 11.5 Å². The van der Waals surface area contributed by atoms with E-state index in [2.05, 4.69) is 4.90 Å². The van der Waals surface area contributed by atoms with Crippen LogP contribution in [0.25, 0.3) is 0 Å². The first-order valence-corrected chi connectivity index (χ1v) is 11.1. The molecule has 1 heterocycles. The Labute approximate surface area is 167 Å². The quantitative estimate of drug-likeness (QED) is 0.677. The lowest BCUT2D eigenvalue weighted by Gasteiger charge is -2.33. The van der Waals surface area contributed by atoms with E-state index in [0.29, 0.717) is 50.0 Å². The lowest BCUT2D eigenvalue weighted by atomic mass is 10.2. The first kappa shape index (κ1) is 20.6. The third kappa shape index (κ3) is 5.04. The minimum Gasteiger partial charge on any atom is -0.494 e. The van der Waals surface area contributed by atoms with E-state index in [9.17, 15) is 8.42 Å². The van der Waals surface area contributed by atoms with E-state index in [4.69, 9.17) is 9.47 Å². The molecule has 1 aliphatic heterocycles. The maximum Gasteiger partial charge on any atom is 0.243 e. The van der Waals surface area contributed by atoms with Crippen LogP contribution in [0.15, 0.2) is 53.4 Å². The van der Waals surface area contributed by atoms with Gasteiger partial charge in [-0.25, -0.2) is 8.42 Å². The van der Waals surface area contributed by atoms with Crippen molar-refractivity contribution in [2.45, 2.75) is 18.7 Å². The molecule has 7 heteroatoms. The van der Waals surface area contributed by atoms with Gasteiger partial charge in [-0.05, 0) is 49.7 Å². The van der Waals surface area contributed by atoms with Crippen molar-refractivity contribution in [3.05, 3.63) is 54.1 Å². The molecule has 6 nitrogen and oxygen atoms in total. The fourth-order valence-corrected chi connectivity index (χ4v) is 4.64. The number of ether oxygens (including phenoxy) is 2. The van der Waals surface area contributed by atoms with E-state index < -0.39 is 10.0 Å². The van der Waals surface area contributed by atoms with Crippen LogP contribution >= 0.6 is 0 Å². The van der Waals surface area contributed by atoms with E-state index in [1.807, 2.05) is 38.1 Å². The third-order valence-corrected chi connectivity index (χ3v) is 6.78. The number of para-hydroxylation sites is 1. The lowest BCUT2D eigenvalue weighted by molar-refractivity contribution is 0.158. The van der Waals surface area contributed by atoms with E-state index in [0.717, 1.165) is 17.9 Å². The van der Waals surface area contributed by atoms with Crippen LogP contribution in [0.1, 0.15) is 12.5 Å². The minimum absolute atomic E-state index is 0.312. The summed E-state index contributed by atoms with van der Waals surface area (Å²) >= 11 is 0. The van der Waals surface area contributed by atoms with E-state index in [1.165, 1.54) is 0 Å². The molecule has 0 saturated carbocycles. The summed E-state index contributed by atoms with van der Waals surface area (Å²) in [5.41, 5.74) is 1.12. The highest BCUT2D eigenvalue weighted by molar-refractivity contribution is 7.89. The Bertz CT molecular complexity index is 860. The molecule has 152 valence electrons. The molecule has 0 amide bonds. The fourth-order valence-electron chi connectivity index (χ4n) is 3.22. The molecule has 0 aliphatic carbocycles. The van der Waals surface area contributed by atoms with Gasteiger partial charge in [-0.2, -0.15) is 4.31 Å². The molecule has 0 bridgehead atoms. The summed E-state index contributed by atoms with van der Waals surface area (Å²) in [5.74, 6) is 1.58. The summed E-state index contributed by atoms with van der Waals surface area (Å²) in [6.07, 6.45) is 0. The summed E-state index contributed by atoms with van der Waals surface area (Å²) in [6.45, 7) is 8.24. The molecule has 0 radical (unpaired) electrons. The molecule has 0 atom stereocenters. The van der Waals surface area contributed by atoms with Crippen molar-refractivity contribution in [2.24, 2.45) is 0 Å². The van der Waals surface area contributed by atoms with Crippen molar-refractivity contribution in [3.8, 4) is 11.5 Å². The highest BCUT2D eigenvalue weighted by Gasteiger charge is 2.28. The number of hydrogen-bond donors (Lipinski definition) is 0. The number of benzene rings is 2. The maximum absolute atomic E-state index is 12.8. The molecule has 2 aromatic carbocycles. The van der Waals surface area contributed by atoms with Crippen LogP contribution in [0, 0.1) is 6.92 Å². The molecular formula is C21H28N2O4S. The van der Waals surface area contributed by atoms with Crippen LogP contribution < -0.4 is 9.47 Å². The number of nitrogens with zero attached hydrogens (tertiary/aromatic N) is 2. The number of aryl methyl sites for hydroxylation is 1. The summed E-state index contributed by atoms with van der Waals surface area (Å²) in [7, 11) is -3.47. The van der Waals surface area contributed by atoms with E-state index in [1.54, 1.807) is 28.6 Å². The molecule has 1 fully saturated rings. The van der Waals surface area contributed by atoms with Gasteiger partial charge in [0.2, 0.25) is 10.0 Å². The first-order valence-electron chi connectivity index (χ1n) is 9.64. The summed E-state index contributed by atoms with van der Waals surface area (Å²) < 4.78 is 38.5. The standard InChI is InChI=1S/C21H28N2O4S/c1-3-26-19-8-10-20(11-9-19)28(24,25)23-14-12-22(13-15-23)16-17-27-21-7-5-4-6-18(21)2/h4-11H,3,12-17H2,1-2H3. The molecule has 2 aromatic rings. The van der Waals surface area contributed by atoms with Crippen molar-refractivity contribution < 1.29 is 17.9 Å². The Kier molecular flexibility index (Phi) is 6.93. The molecule has 28 heavy (non-hydrogen) atoms. The normalized spacial score (nSPS) is 16.1. The van der Waals surface area contributed by atoms with Gasteiger partial charge in [0.15, 0.2) is 0 Å².